The summed E-state index contributed by atoms with van der Waals surface area (Å²) in [4.78, 5) is 0.782. The first-order chi connectivity index (χ1) is 13.4. The zero-order valence-corrected chi connectivity index (χ0v) is 20.7. The van der Waals surface area contributed by atoms with Crippen LogP contribution in [0.4, 0.5) is 0 Å². The quantitative estimate of drug-likeness (QED) is 0.313. The van der Waals surface area contributed by atoms with E-state index < -0.39 is 8.07 Å². The molecule has 4 aliphatic rings. The van der Waals surface area contributed by atoms with Crippen molar-refractivity contribution in [2.75, 3.05) is 0 Å². The largest absolute Gasteiger partial charge is 0.0891 e. The zero-order valence-electron chi connectivity index (χ0n) is 18.1. The maximum atomic E-state index is 3.98. The predicted octanol–water partition coefficient (Wildman–Crippen LogP) is 7.91. The molecule has 152 valence electrons. The number of hydrogen-bond acceptors (Lipinski definition) is 0. The van der Waals surface area contributed by atoms with E-state index >= 15 is 0 Å². The van der Waals surface area contributed by atoms with Gasteiger partial charge in [-0.05, 0) is 89.8 Å². The van der Waals surface area contributed by atoms with E-state index in [0.29, 0.717) is 0 Å². The summed E-state index contributed by atoms with van der Waals surface area (Å²) in [5, 5.41) is 0. The van der Waals surface area contributed by atoms with Gasteiger partial charge in [-0.1, -0.05) is 79.3 Å². The summed E-state index contributed by atoms with van der Waals surface area (Å²) in [6.07, 6.45) is 12.4. The Kier molecular flexibility index (Phi) is 4.98. The molecular formula is C26H37BrSi. The molecule has 0 bridgehead atoms. The third-order valence-electron chi connectivity index (χ3n) is 9.63. The van der Waals surface area contributed by atoms with Gasteiger partial charge in [0.05, 0.1) is 8.07 Å². The highest BCUT2D eigenvalue weighted by Gasteiger charge is 2.57. The van der Waals surface area contributed by atoms with Crippen LogP contribution >= 0.6 is 15.9 Å². The Bertz CT molecular complexity index is 765. The van der Waals surface area contributed by atoms with Crippen LogP contribution in [-0.2, 0) is 0 Å². The van der Waals surface area contributed by atoms with Gasteiger partial charge in [0.2, 0.25) is 0 Å². The number of rotatable bonds is 2. The Hall–Kier alpha value is -0.343. The molecule has 0 spiro atoms. The van der Waals surface area contributed by atoms with Crippen LogP contribution < -0.4 is 0 Å². The molecular weight excluding hydrogens is 420 g/mol. The van der Waals surface area contributed by atoms with E-state index in [1.807, 2.05) is 0 Å². The number of fused-ring (bicyclic) bond motifs is 3. The molecule has 3 saturated carbocycles. The van der Waals surface area contributed by atoms with E-state index in [1.165, 1.54) is 37.7 Å². The summed E-state index contributed by atoms with van der Waals surface area (Å²) < 4.78 is 0. The second-order valence-electron chi connectivity index (χ2n) is 11.3. The smallest absolute Gasteiger partial charge is 0.0632 e. The highest BCUT2D eigenvalue weighted by atomic mass is 79.9. The normalized spacial score (nSPS) is 44.8. The third-order valence-corrected chi connectivity index (χ3v) is 15.3. The highest BCUT2D eigenvalue weighted by Crippen LogP contribution is 2.64. The van der Waals surface area contributed by atoms with E-state index in [0.717, 1.165) is 51.4 Å². The van der Waals surface area contributed by atoms with Crippen molar-refractivity contribution in [3.05, 3.63) is 41.5 Å². The van der Waals surface area contributed by atoms with Gasteiger partial charge in [0.1, 0.15) is 0 Å². The number of allylic oxidation sites excluding steroid dienone is 1. The van der Waals surface area contributed by atoms with Crippen molar-refractivity contribution in [2.45, 2.75) is 75.0 Å². The van der Waals surface area contributed by atoms with Crippen molar-refractivity contribution in [3.63, 3.8) is 0 Å². The minimum atomic E-state index is -1.46. The summed E-state index contributed by atoms with van der Waals surface area (Å²) >= 11 is 3.98. The van der Waals surface area contributed by atoms with E-state index in [2.05, 4.69) is 79.3 Å². The van der Waals surface area contributed by atoms with Crippen LogP contribution in [0.25, 0.3) is 6.08 Å². The molecule has 0 heterocycles. The van der Waals surface area contributed by atoms with Gasteiger partial charge in [0.25, 0.3) is 0 Å². The van der Waals surface area contributed by atoms with Crippen LogP contribution in [0.1, 0.15) is 62.6 Å². The first-order valence-electron chi connectivity index (χ1n) is 11.8. The van der Waals surface area contributed by atoms with Gasteiger partial charge in [-0.15, -0.1) is 0 Å². The third kappa shape index (κ3) is 2.95. The van der Waals surface area contributed by atoms with Gasteiger partial charge >= 0.3 is 0 Å². The fourth-order valence-corrected chi connectivity index (χ4v) is 14.5. The van der Waals surface area contributed by atoms with Crippen LogP contribution in [0.5, 0.6) is 0 Å². The maximum absolute atomic E-state index is 3.98. The Morgan fingerprint density at radius 2 is 1.71 bits per heavy atom. The van der Waals surface area contributed by atoms with Crippen LogP contribution in [-0.4, -0.2) is 12.9 Å². The summed E-state index contributed by atoms with van der Waals surface area (Å²) in [6.45, 7) is 10.7. The summed E-state index contributed by atoms with van der Waals surface area (Å²) in [5.74, 6) is 5.86. The number of benzene rings is 1. The molecule has 0 nitrogen and oxygen atoms in total. The molecule has 0 saturated heterocycles. The molecule has 1 aromatic carbocycles. The first kappa shape index (κ1) is 19.6. The first-order valence-corrected chi connectivity index (χ1v) is 15.9. The van der Waals surface area contributed by atoms with E-state index in [4.69, 9.17) is 0 Å². The molecule has 0 aliphatic heterocycles. The molecule has 2 heteroatoms. The monoisotopic (exact) mass is 456 g/mol. The molecule has 5 rings (SSSR count). The Morgan fingerprint density at radius 1 is 0.929 bits per heavy atom. The second-order valence-corrected chi connectivity index (χ2v) is 17.5. The van der Waals surface area contributed by atoms with Gasteiger partial charge in [-0.3, -0.25) is 0 Å². The van der Waals surface area contributed by atoms with Crippen molar-refractivity contribution in [2.24, 2.45) is 35.5 Å². The molecule has 3 fully saturated rings. The molecule has 0 radical (unpaired) electrons. The highest BCUT2D eigenvalue weighted by molar-refractivity contribution is 9.09. The topological polar surface area (TPSA) is 0 Å². The standard InChI is InChI=1S/C26H37BrSi/c1-16-13-23-17(2)21-11-10-20(27)14-19(21)15-24(23)26(16)28(3,4)25-12-9-18-7-5-6-8-22(18)25/h5-9,12,16-17,19-21,23-26H,10-11,13-15H2,1-4H3. The molecule has 9 atom stereocenters. The lowest BCUT2D eigenvalue weighted by Crippen LogP contribution is -2.47. The van der Waals surface area contributed by atoms with Gasteiger partial charge in [0.15, 0.2) is 0 Å². The van der Waals surface area contributed by atoms with Crippen LogP contribution in [0.3, 0.4) is 0 Å². The van der Waals surface area contributed by atoms with E-state index in [-0.39, 0.29) is 0 Å². The minimum absolute atomic E-state index is 0.721. The van der Waals surface area contributed by atoms with Crippen LogP contribution in [0, 0.1) is 35.5 Å². The van der Waals surface area contributed by atoms with Gasteiger partial charge < -0.3 is 0 Å². The Balaban J connectivity index is 1.46. The van der Waals surface area contributed by atoms with Gasteiger partial charge in [-0.2, -0.15) is 0 Å². The second kappa shape index (κ2) is 7.12. The van der Waals surface area contributed by atoms with Crippen LogP contribution in [0.2, 0.25) is 18.6 Å². The molecule has 0 N–H and O–H groups in total. The van der Waals surface area contributed by atoms with E-state index in [9.17, 15) is 0 Å². The summed E-state index contributed by atoms with van der Waals surface area (Å²) in [5.41, 5.74) is 4.83. The number of hydrogen-bond donors (Lipinski definition) is 0. The lowest BCUT2D eigenvalue weighted by atomic mass is 9.59. The zero-order chi connectivity index (χ0) is 19.6. The lowest BCUT2D eigenvalue weighted by Gasteiger charge is -2.51. The van der Waals surface area contributed by atoms with Crippen LogP contribution in [0.15, 0.2) is 30.3 Å². The molecule has 9 unspecified atom stereocenters. The van der Waals surface area contributed by atoms with E-state index in [1.54, 1.807) is 5.56 Å². The minimum Gasteiger partial charge on any atom is -0.0891 e. The van der Waals surface area contributed by atoms with Gasteiger partial charge in [-0.25, -0.2) is 0 Å². The lowest BCUT2D eigenvalue weighted by molar-refractivity contribution is 0.0368. The van der Waals surface area contributed by atoms with Gasteiger partial charge in [0, 0.05) is 4.83 Å². The molecule has 28 heavy (non-hydrogen) atoms. The molecule has 0 amide bonds. The van der Waals surface area contributed by atoms with Crippen molar-refractivity contribution in [1.29, 1.82) is 0 Å². The predicted molar refractivity (Wildman–Crippen MR) is 128 cm³/mol. The Labute approximate surface area is 181 Å². The summed E-state index contributed by atoms with van der Waals surface area (Å²) in [6, 6.07) is 9.21. The van der Waals surface area contributed by atoms with Crippen molar-refractivity contribution in [3.8, 4) is 0 Å². The average molecular weight is 458 g/mol. The van der Waals surface area contributed by atoms with Crippen molar-refractivity contribution < 1.29 is 0 Å². The summed E-state index contributed by atoms with van der Waals surface area (Å²) in [7, 11) is -1.46. The van der Waals surface area contributed by atoms with Crippen molar-refractivity contribution in [1.82, 2.24) is 0 Å². The number of halogens is 1. The SMILES string of the molecule is CC1CC2C(C)C3CCC(Br)CC3CC2C1[Si](C)(C)C1C=Cc2ccccc21. The fourth-order valence-electron chi connectivity index (χ4n) is 8.62. The molecule has 4 aliphatic carbocycles. The fraction of sp³-hybridized carbons (Fsp3) is 0.692. The maximum Gasteiger partial charge on any atom is 0.0632 e. The molecule has 1 aromatic rings. The molecule has 0 aromatic heterocycles. The number of alkyl halides is 1. The average Bonchev–Trinajstić information content (AvgIpc) is 3.23. The van der Waals surface area contributed by atoms with Crippen molar-refractivity contribution >= 4 is 30.1 Å². The Morgan fingerprint density at radius 3 is 2.54 bits per heavy atom.